The Hall–Kier alpha value is -1.60. The van der Waals surface area contributed by atoms with Gasteiger partial charge in [0, 0.05) is 11.3 Å². The lowest BCUT2D eigenvalue weighted by molar-refractivity contribution is 0.327. The van der Waals surface area contributed by atoms with Crippen molar-refractivity contribution in [3.8, 4) is 23.0 Å². The first-order valence-corrected chi connectivity index (χ1v) is 18.4. The average molecular weight is 814 g/mol. The maximum absolute atomic E-state index is 9.88. The molecule has 1 aliphatic carbocycles. The van der Waals surface area contributed by atoms with Crippen molar-refractivity contribution in [2.75, 3.05) is 0 Å². The molecule has 12 heteroatoms. The molecule has 1 fully saturated rings. The fourth-order valence-electron chi connectivity index (χ4n) is 6.65. The third-order valence-corrected chi connectivity index (χ3v) is 11.6. The zero-order valence-electron chi connectivity index (χ0n) is 26.0. The van der Waals surface area contributed by atoms with E-state index in [9.17, 15) is 20.4 Å². The van der Waals surface area contributed by atoms with Gasteiger partial charge in [0.15, 0.2) is 23.0 Å². The Kier molecular flexibility index (Phi) is 13.6. The van der Waals surface area contributed by atoms with E-state index in [1.165, 1.54) is 19.3 Å². The van der Waals surface area contributed by atoms with Crippen molar-refractivity contribution < 1.29 is 20.4 Å². The molecule has 4 aromatic carbocycles. The van der Waals surface area contributed by atoms with Gasteiger partial charge in [-0.15, -0.1) is 0 Å². The minimum absolute atomic E-state index is 0.00787. The monoisotopic (exact) mass is 810 g/mol. The van der Waals surface area contributed by atoms with Gasteiger partial charge >= 0.3 is 0 Å². The van der Waals surface area contributed by atoms with Crippen LogP contribution in [0.15, 0.2) is 48.5 Å². The van der Waals surface area contributed by atoms with E-state index in [0.717, 1.165) is 47.9 Å². The van der Waals surface area contributed by atoms with Gasteiger partial charge in [-0.2, -0.15) is 0 Å². The summed E-state index contributed by atoms with van der Waals surface area (Å²) in [5.41, 5.74) is 3.10. The predicted octanol–water partition coefficient (Wildman–Crippen LogP) is 14.2. The fourth-order valence-corrected chi connectivity index (χ4v) is 8.63. The second-order valence-corrected chi connectivity index (χ2v) is 15.2. The first-order valence-electron chi connectivity index (χ1n) is 15.4. The molecular formula is C36H34Cl8O4. The summed E-state index contributed by atoms with van der Waals surface area (Å²) in [5, 5.41) is 41.0. The second-order valence-electron chi connectivity index (χ2n) is 11.9. The summed E-state index contributed by atoms with van der Waals surface area (Å²) in [6.45, 7) is 4.07. The van der Waals surface area contributed by atoms with Crippen LogP contribution in [0, 0.1) is 5.92 Å². The molecule has 0 bridgehead atoms. The van der Waals surface area contributed by atoms with Gasteiger partial charge in [0.25, 0.3) is 0 Å². The molecule has 1 saturated carbocycles. The molecular weight excluding hydrogens is 780 g/mol. The molecule has 0 radical (unpaired) electrons. The van der Waals surface area contributed by atoms with Gasteiger partial charge in [0.05, 0.1) is 40.2 Å². The minimum atomic E-state index is -0.442. The maximum Gasteiger partial charge on any atom is 0.152 e. The Bertz CT molecular complexity index is 1580. The zero-order valence-corrected chi connectivity index (χ0v) is 32.1. The average Bonchev–Trinajstić information content (AvgIpc) is 3.05. The van der Waals surface area contributed by atoms with Crippen LogP contribution in [0.5, 0.6) is 23.0 Å². The molecule has 48 heavy (non-hydrogen) atoms. The number of aromatic hydroxyl groups is 4. The minimum Gasteiger partial charge on any atom is -0.505 e. The SMILES string of the molecule is CCC(CC)(c1cc(Cl)c(O)c(Cl)c1)c1cc(Cl)c(O)c(Cl)c1.Oc1c(Cl)cc(C(c2cc(Cl)c(O)c(Cl)c2)C2CCCCC2)cc1Cl. The van der Waals surface area contributed by atoms with Crippen LogP contribution < -0.4 is 0 Å². The molecule has 4 nitrogen and oxygen atoms in total. The van der Waals surface area contributed by atoms with Gasteiger partial charge in [-0.3, -0.25) is 0 Å². The molecule has 0 spiro atoms. The standard InChI is InChI=1S/C19H18Cl4O2.C17H16Cl4O2/c20-13-6-11(7-14(21)18(13)24)17(10-4-2-1-3-5-10)12-8-15(22)19(25)16(23)9-12;1-3-17(4-2,9-5-11(18)15(22)12(19)6-9)10-7-13(20)16(23)14(21)8-10/h6-10,17,24-25H,1-5H2;5-8,22-23H,3-4H2,1-2H3. The van der Waals surface area contributed by atoms with Crippen LogP contribution in [-0.2, 0) is 5.41 Å². The number of halogens is 8. The van der Waals surface area contributed by atoms with Crippen molar-refractivity contribution in [2.45, 2.75) is 70.1 Å². The lowest BCUT2D eigenvalue weighted by atomic mass is 9.70. The highest BCUT2D eigenvalue weighted by molar-refractivity contribution is 6.39. The smallest absolute Gasteiger partial charge is 0.152 e. The summed E-state index contributed by atoms with van der Waals surface area (Å²) in [7, 11) is 0. The van der Waals surface area contributed by atoms with Crippen LogP contribution in [-0.4, -0.2) is 20.4 Å². The van der Waals surface area contributed by atoms with E-state index in [2.05, 4.69) is 0 Å². The first kappa shape index (κ1) is 39.2. The van der Waals surface area contributed by atoms with E-state index >= 15 is 0 Å². The summed E-state index contributed by atoms with van der Waals surface area (Å²) in [6, 6.07) is 13.8. The molecule has 4 N–H and O–H groups in total. The van der Waals surface area contributed by atoms with Crippen molar-refractivity contribution in [3.05, 3.63) is 111 Å². The highest BCUT2D eigenvalue weighted by Crippen LogP contribution is 2.48. The highest BCUT2D eigenvalue weighted by atomic mass is 35.5. The van der Waals surface area contributed by atoms with Gasteiger partial charge < -0.3 is 20.4 Å². The van der Waals surface area contributed by atoms with Crippen LogP contribution in [0.3, 0.4) is 0 Å². The van der Waals surface area contributed by atoms with Crippen molar-refractivity contribution in [3.63, 3.8) is 0 Å². The fraction of sp³-hybridized carbons (Fsp3) is 0.333. The van der Waals surface area contributed by atoms with E-state index < -0.39 is 5.41 Å². The Labute approximate surface area is 321 Å². The highest BCUT2D eigenvalue weighted by Gasteiger charge is 2.33. The normalized spacial score (nSPS) is 13.8. The predicted molar refractivity (Wildman–Crippen MR) is 202 cm³/mol. The van der Waals surface area contributed by atoms with Crippen LogP contribution in [0.25, 0.3) is 0 Å². The third kappa shape index (κ3) is 8.30. The van der Waals surface area contributed by atoms with Gasteiger partial charge in [-0.05, 0) is 102 Å². The number of hydrogen-bond donors (Lipinski definition) is 4. The number of hydrogen-bond acceptors (Lipinski definition) is 4. The van der Waals surface area contributed by atoms with Crippen molar-refractivity contribution in [1.29, 1.82) is 0 Å². The number of phenols is 4. The van der Waals surface area contributed by atoms with E-state index in [-0.39, 0.29) is 69.1 Å². The van der Waals surface area contributed by atoms with Crippen molar-refractivity contribution in [2.24, 2.45) is 5.92 Å². The molecule has 0 unspecified atom stereocenters. The molecule has 0 heterocycles. The van der Waals surface area contributed by atoms with E-state index in [0.29, 0.717) is 5.92 Å². The van der Waals surface area contributed by atoms with Gasteiger partial charge in [0.2, 0.25) is 0 Å². The summed E-state index contributed by atoms with van der Waals surface area (Å²) in [5.74, 6) is -0.124. The number of benzene rings is 4. The summed E-state index contributed by atoms with van der Waals surface area (Å²) in [6.07, 6.45) is 7.20. The quantitative estimate of drug-likeness (QED) is 0.150. The van der Waals surface area contributed by atoms with Gasteiger partial charge in [-0.25, -0.2) is 0 Å². The number of rotatable bonds is 7. The van der Waals surface area contributed by atoms with E-state index in [1.807, 2.05) is 13.8 Å². The molecule has 0 atom stereocenters. The van der Waals surface area contributed by atoms with Crippen molar-refractivity contribution >= 4 is 92.8 Å². The Balaban J connectivity index is 0.000000218. The maximum atomic E-state index is 9.88. The van der Waals surface area contributed by atoms with Crippen LogP contribution in [0.2, 0.25) is 40.2 Å². The Morgan fingerprint density at radius 2 is 0.771 bits per heavy atom. The molecule has 4 aromatic rings. The molecule has 0 aromatic heterocycles. The molecule has 258 valence electrons. The van der Waals surface area contributed by atoms with Crippen molar-refractivity contribution in [1.82, 2.24) is 0 Å². The molecule has 0 aliphatic heterocycles. The van der Waals surface area contributed by atoms with Gasteiger partial charge in [-0.1, -0.05) is 126 Å². The van der Waals surface area contributed by atoms with E-state index in [4.69, 9.17) is 92.8 Å². The molecule has 0 saturated heterocycles. The lowest BCUT2D eigenvalue weighted by Gasteiger charge is -2.34. The van der Waals surface area contributed by atoms with Crippen LogP contribution in [0.4, 0.5) is 0 Å². The second kappa shape index (κ2) is 16.6. The summed E-state index contributed by atoms with van der Waals surface area (Å²) < 4.78 is 0. The van der Waals surface area contributed by atoms with Crippen LogP contribution >= 0.6 is 92.8 Å². The largest absolute Gasteiger partial charge is 0.505 e. The topological polar surface area (TPSA) is 80.9 Å². The van der Waals surface area contributed by atoms with E-state index in [1.54, 1.807) is 48.5 Å². The Morgan fingerprint density at radius 3 is 1.04 bits per heavy atom. The lowest BCUT2D eigenvalue weighted by Crippen LogP contribution is -2.26. The molecule has 5 rings (SSSR count). The van der Waals surface area contributed by atoms with Crippen LogP contribution in [0.1, 0.15) is 87.0 Å². The zero-order chi connectivity index (χ0) is 35.5. The first-order chi connectivity index (χ1) is 22.6. The Morgan fingerprint density at radius 1 is 0.500 bits per heavy atom. The molecule has 0 amide bonds. The summed E-state index contributed by atoms with van der Waals surface area (Å²) in [4.78, 5) is 0. The molecule has 1 aliphatic rings. The van der Waals surface area contributed by atoms with Gasteiger partial charge in [0.1, 0.15) is 0 Å². The number of phenolic OH excluding ortho intramolecular Hbond substituents is 4. The summed E-state index contributed by atoms with van der Waals surface area (Å²) >= 11 is 49.0. The third-order valence-electron chi connectivity index (χ3n) is 9.26.